The van der Waals surface area contributed by atoms with Gasteiger partial charge in [-0.2, -0.15) is 26.3 Å². The van der Waals surface area contributed by atoms with E-state index in [2.05, 4.69) is 10.6 Å². The van der Waals surface area contributed by atoms with Crippen molar-refractivity contribution in [3.05, 3.63) is 58.7 Å². The van der Waals surface area contributed by atoms with E-state index in [1.165, 1.54) is 18.2 Å². The molecule has 2 aliphatic rings. The van der Waals surface area contributed by atoms with Gasteiger partial charge in [0.25, 0.3) is 17.7 Å². The van der Waals surface area contributed by atoms with Crippen molar-refractivity contribution in [1.29, 1.82) is 0 Å². The number of morpholine rings is 1. The SMILES string of the molecule is CC(=O)O[C@@H](C(=O)Nc1ccc2c(c1)CNC2=O)[C@H]1OCCN(c2cc(C(F)(F)F)cc(C(F)(F)F)c2)C1=O. The molecule has 15 heteroatoms. The molecule has 1 saturated heterocycles. The number of ether oxygens (including phenoxy) is 2. The Labute approximate surface area is 216 Å². The topological polar surface area (TPSA) is 114 Å². The van der Waals surface area contributed by atoms with Crippen molar-refractivity contribution < 1.29 is 55.0 Å². The number of hydrogen-bond acceptors (Lipinski definition) is 6. The zero-order chi connectivity index (χ0) is 28.7. The van der Waals surface area contributed by atoms with Crippen LogP contribution in [0.3, 0.4) is 0 Å². The van der Waals surface area contributed by atoms with Crippen molar-refractivity contribution in [2.75, 3.05) is 23.4 Å². The minimum absolute atomic E-state index is 0.0826. The highest BCUT2D eigenvalue weighted by Gasteiger charge is 2.44. The average molecular weight is 559 g/mol. The highest BCUT2D eigenvalue weighted by molar-refractivity contribution is 6.05. The molecule has 1 fully saturated rings. The molecule has 2 atom stereocenters. The maximum absolute atomic E-state index is 13.3. The first-order chi connectivity index (χ1) is 18.1. The molecule has 0 saturated carbocycles. The van der Waals surface area contributed by atoms with Gasteiger partial charge >= 0.3 is 18.3 Å². The van der Waals surface area contributed by atoms with E-state index in [0.717, 1.165) is 6.92 Å². The molecule has 2 N–H and O–H groups in total. The molecule has 208 valence electrons. The van der Waals surface area contributed by atoms with Crippen LogP contribution in [0.1, 0.15) is 34.0 Å². The van der Waals surface area contributed by atoms with Crippen LogP contribution in [0.2, 0.25) is 0 Å². The molecule has 9 nitrogen and oxygen atoms in total. The third kappa shape index (κ3) is 5.97. The van der Waals surface area contributed by atoms with Gasteiger partial charge in [0.05, 0.1) is 17.7 Å². The van der Waals surface area contributed by atoms with Gasteiger partial charge in [-0.1, -0.05) is 0 Å². The highest BCUT2D eigenvalue weighted by atomic mass is 19.4. The van der Waals surface area contributed by atoms with Crippen molar-refractivity contribution >= 4 is 35.1 Å². The van der Waals surface area contributed by atoms with Crippen molar-refractivity contribution in [1.82, 2.24) is 5.32 Å². The first kappa shape index (κ1) is 27.9. The lowest BCUT2D eigenvalue weighted by molar-refractivity contribution is -0.167. The molecule has 0 radical (unpaired) electrons. The quantitative estimate of drug-likeness (QED) is 0.430. The van der Waals surface area contributed by atoms with E-state index in [0.29, 0.717) is 28.2 Å². The van der Waals surface area contributed by atoms with Gasteiger partial charge in [0.15, 0.2) is 6.10 Å². The predicted molar refractivity (Wildman–Crippen MR) is 120 cm³/mol. The zero-order valence-corrected chi connectivity index (χ0v) is 19.9. The Bertz CT molecular complexity index is 1310. The van der Waals surface area contributed by atoms with Gasteiger partial charge in [-0.15, -0.1) is 0 Å². The van der Waals surface area contributed by atoms with Gasteiger partial charge in [0.2, 0.25) is 6.10 Å². The second-order valence-corrected chi connectivity index (χ2v) is 8.62. The Morgan fingerprint density at radius 2 is 1.69 bits per heavy atom. The fourth-order valence-electron chi connectivity index (χ4n) is 4.13. The number of anilines is 2. The van der Waals surface area contributed by atoms with E-state index >= 15 is 0 Å². The van der Waals surface area contributed by atoms with Crippen LogP contribution in [-0.2, 0) is 42.8 Å². The molecule has 0 spiro atoms. The van der Waals surface area contributed by atoms with Crippen LogP contribution in [0, 0.1) is 0 Å². The number of rotatable bonds is 5. The maximum Gasteiger partial charge on any atom is 0.416 e. The van der Waals surface area contributed by atoms with E-state index in [9.17, 15) is 45.5 Å². The number of amides is 3. The van der Waals surface area contributed by atoms with E-state index in [1.54, 1.807) is 0 Å². The van der Waals surface area contributed by atoms with E-state index in [-0.39, 0.29) is 24.2 Å². The molecular formula is C24H19F6N3O6. The van der Waals surface area contributed by atoms with Gasteiger partial charge in [-0.25, -0.2) is 0 Å². The van der Waals surface area contributed by atoms with Crippen LogP contribution in [0.4, 0.5) is 37.7 Å². The second-order valence-electron chi connectivity index (χ2n) is 8.62. The van der Waals surface area contributed by atoms with Crippen LogP contribution in [0.5, 0.6) is 0 Å². The second kappa shape index (κ2) is 10.2. The molecular weight excluding hydrogens is 540 g/mol. The maximum atomic E-state index is 13.3. The van der Waals surface area contributed by atoms with E-state index in [4.69, 9.17) is 9.47 Å². The fraction of sp³-hybridized carbons (Fsp3) is 0.333. The first-order valence-electron chi connectivity index (χ1n) is 11.3. The molecule has 4 rings (SSSR count). The number of nitrogens with zero attached hydrogens (tertiary/aromatic N) is 1. The molecule has 39 heavy (non-hydrogen) atoms. The van der Waals surface area contributed by atoms with Gasteiger partial charge in [0, 0.05) is 37.0 Å². The Kier molecular flexibility index (Phi) is 7.29. The summed E-state index contributed by atoms with van der Waals surface area (Å²) in [6.07, 6.45) is -14.1. The average Bonchev–Trinajstić information content (AvgIpc) is 3.21. The predicted octanol–water partition coefficient (Wildman–Crippen LogP) is 3.27. The summed E-state index contributed by atoms with van der Waals surface area (Å²) in [4.78, 5) is 50.4. The molecule has 2 aromatic rings. The summed E-state index contributed by atoms with van der Waals surface area (Å²) in [5.74, 6) is -3.57. The minimum atomic E-state index is -5.15. The minimum Gasteiger partial charge on any atom is -0.449 e. The summed E-state index contributed by atoms with van der Waals surface area (Å²) < 4.78 is 90.3. The number of carbonyl (C=O) groups is 4. The van der Waals surface area contributed by atoms with E-state index < -0.39 is 72.3 Å². The summed E-state index contributed by atoms with van der Waals surface area (Å²) in [7, 11) is 0. The van der Waals surface area contributed by atoms with Crippen molar-refractivity contribution in [2.24, 2.45) is 0 Å². The van der Waals surface area contributed by atoms with Crippen molar-refractivity contribution in [3.63, 3.8) is 0 Å². The van der Waals surface area contributed by atoms with Gasteiger partial charge in [-0.3, -0.25) is 19.2 Å². The lowest BCUT2D eigenvalue weighted by atomic mass is 10.0. The number of alkyl halides is 6. The lowest BCUT2D eigenvalue weighted by Crippen LogP contribution is -2.56. The van der Waals surface area contributed by atoms with Crippen LogP contribution >= 0.6 is 0 Å². The van der Waals surface area contributed by atoms with Crippen molar-refractivity contribution in [2.45, 2.75) is 38.0 Å². The van der Waals surface area contributed by atoms with Gasteiger partial charge in [0.1, 0.15) is 0 Å². The number of benzene rings is 2. The van der Waals surface area contributed by atoms with Crippen LogP contribution in [0.15, 0.2) is 36.4 Å². The Morgan fingerprint density at radius 3 is 2.28 bits per heavy atom. The molecule has 0 bridgehead atoms. The van der Waals surface area contributed by atoms with Gasteiger partial charge in [-0.05, 0) is 42.0 Å². The lowest BCUT2D eigenvalue weighted by Gasteiger charge is -2.35. The third-order valence-corrected chi connectivity index (χ3v) is 5.89. The summed E-state index contributed by atoms with van der Waals surface area (Å²) in [6.45, 7) is 0.293. The third-order valence-electron chi connectivity index (χ3n) is 5.89. The number of fused-ring (bicyclic) bond motifs is 1. The van der Waals surface area contributed by atoms with E-state index in [1.807, 2.05) is 0 Å². The first-order valence-corrected chi connectivity index (χ1v) is 11.3. The Hall–Kier alpha value is -4.14. The summed E-state index contributed by atoms with van der Waals surface area (Å²) >= 11 is 0. The zero-order valence-electron chi connectivity index (χ0n) is 19.9. The van der Waals surface area contributed by atoms with Crippen LogP contribution in [0.25, 0.3) is 0 Å². The smallest absolute Gasteiger partial charge is 0.416 e. The summed E-state index contributed by atoms with van der Waals surface area (Å²) in [6, 6.07) is 4.94. The Balaban J connectivity index is 1.63. The summed E-state index contributed by atoms with van der Waals surface area (Å²) in [5, 5.41) is 5.01. The summed E-state index contributed by atoms with van der Waals surface area (Å²) in [5.41, 5.74) is -2.90. The fourth-order valence-corrected chi connectivity index (χ4v) is 4.13. The number of carbonyl (C=O) groups excluding carboxylic acids is 4. The Morgan fingerprint density at radius 1 is 1.05 bits per heavy atom. The highest BCUT2D eigenvalue weighted by Crippen LogP contribution is 2.39. The molecule has 3 amide bonds. The number of halogens is 6. The van der Waals surface area contributed by atoms with Crippen molar-refractivity contribution in [3.8, 4) is 0 Å². The normalized spacial score (nSPS) is 18.3. The largest absolute Gasteiger partial charge is 0.449 e. The van der Waals surface area contributed by atoms with Crippen LogP contribution < -0.4 is 15.5 Å². The van der Waals surface area contributed by atoms with Gasteiger partial charge < -0.3 is 25.0 Å². The molecule has 0 aromatic heterocycles. The molecule has 2 aliphatic heterocycles. The molecule has 0 aliphatic carbocycles. The standard InChI is InChI=1S/C24H19F6N3O6/c1-11(34)39-18(21(36)32-15-2-3-17-12(6-15)10-31-20(17)35)19-22(37)33(4-5-38-19)16-8-13(23(25,26)27)7-14(9-16)24(28,29)30/h2-3,6-9,18-19H,4-5,10H2,1H3,(H,31,35)(H,32,36)/t18-,19-/m1/s1. The molecule has 0 unspecified atom stereocenters. The molecule has 2 heterocycles. The number of nitrogens with one attached hydrogen (secondary N) is 2. The van der Waals surface area contributed by atoms with Crippen LogP contribution in [-0.4, -0.2) is 49.1 Å². The number of hydrogen-bond donors (Lipinski definition) is 2. The number of esters is 1. The molecule has 2 aromatic carbocycles. The monoisotopic (exact) mass is 559 g/mol.